The third-order valence-electron chi connectivity index (χ3n) is 4.95. The molecule has 1 heterocycles. The van der Waals surface area contributed by atoms with Crippen molar-refractivity contribution in [2.75, 3.05) is 18.2 Å². The van der Waals surface area contributed by atoms with Crippen LogP contribution < -0.4 is 5.32 Å². The third-order valence-corrected chi connectivity index (χ3v) is 6.08. The molecule has 3 aromatic rings. The lowest BCUT2D eigenvalue weighted by molar-refractivity contribution is -0.119. The molecule has 0 radical (unpaired) electrons. The normalized spacial score (nSPS) is 10.9. The number of aromatic nitrogens is 1. The van der Waals surface area contributed by atoms with Gasteiger partial charge in [0.05, 0.1) is 16.0 Å². The number of sulfone groups is 1. The number of hydrogen-bond donors (Lipinski definition) is 1. The van der Waals surface area contributed by atoms with Crippen molar-refractivity contribution in [2.45, 2.75) is 18.7 Å². The molecule has 0 saturated heterocycles. The summed E-state index contributed by atoms with van der Waals surface area (Å²) >= 11 is 0. The minimum atomic E-state index is -3.39. The summed E-state index contributed by atoms with van der Waals surface area (Å²) in [4.78, 5) is 24.8. The zero-order valence-electron chi connectivity index (χ0n) is 17.7. The highest BCUT2D eigenvalue weighted by atomic mass is 32.2. The van der Waals surface area contributed by atoms with E-state index in [1.165, 1.54) is 24.3 Å². The number of nitriles is 1. The first-order valence-electron chi connectivity index (χ1n) is 9.58. The topological polar surface area (TPSA) is 118 Å². The van der Waals surface area contributed by atoms with Crippen LogP contribution in [0, 0.1) is 25.2 Å². The lowest BCUT2D eigenvalue weighted by Gasteiger charge is -2.13. The number of ether oxygens (including phenoxy) is 1. The molecule has 0 aliphatic carbocycles. The number of anilines is 1. The van der Waals surface area contributed by atoms with Crippen LogP contribution in [0.15, 0.2) is 59.5 Å². The average molecular weight is 452 g/mol. The molecule has 0 unspecified atom stereocenters. The van der Waals surface area contributed by atoms with Crippen LogP contribution in [-0.4, -0.2) is 37.7 Å². The fourth-order valence-electron chi connectivity index (χ4n) is 3.18. The maximum atomic E-state index is 12.5. The summed E-state index contributed by atoms with van der Waals surface area (Å²) in [5.41, 5.74) is 2.73. The number of hydrogen-bond acceptors (Lipinski definition) is 6. The number of nitrogens with zero attached hydrogens (tertiary/aromatic N) is 2. The van der Waals surface area contributed by atoms with Gasteiger partial charge in [-0.3, -0.25) is 9.36 Å². The molecule has 0 fully saturated rings. The highest BCUT2D eigenvalue weighted by molar-refractivity contribution is 7.90. The van der Waals surface area contributed by atoms with Gasteiger partial charge in [0.25, 0.3) is 5.91 Å². The van der Waals surface area contributed by atoms with Gasteiger partial charge in [0.1, 0.15) is 11.9 Å². The highest BCUT2D eigenvalue weighted by Gasteiger charge is 2.21. The van der Waals surface area contributed by atoms with E-state index in [9.17, 15) is 23.3 Å². The van der Waals surface area contributed by atoms with Crippen molar-refractivity contribution in [1.82, 2.24) is 4.57 Å². The lowest BCUT2D eigenvalue weighted by atomic mass is 10.2. The second-order valence-electron chi connectivity index (χ2n) is 7.14. The van der Waals surface area contributed by atoms with Crippen LogP contribution in [-0.2, 0) is 19.4 Å². The van der Waals surface area contributed by atoms with Gasteiger partial charge in [-0.25, -0.2) is 13.2 Å². The Labute approximate surface area is 186 Å². The average Bonchev–Trinajstić information content (AvgIpc) is 3.01. The Kier molecular flexibility index (Phi) is 6.46. The largest absolute Gasteiger partial charge is 0.452 e. The molecule has 32 heavy (non-hydrogen) atoms. The van der Waals surface area contributed by atoms with Crippen molar-refractivity contribution in [3.05, 3.63) is 77.0 Å². The molecule has 0 atom stereocenters. The van der Waals surface area contributed by atoms with E-state index in [2.05, 4.69) is 11.4 Å². The van der Waals surface area contributed by atoms with Crippen LogP contribution in [0.4, 0.5) is 5.82 Å². The number of nitrogens with one attached hydrogen (secondary N) is 1. The molecule has 9 heteroatoms. The van der Waals surface area contributed by atoms with Gasteiger partial charge in [-0.1, -0.05) is 18.2 Å². The predicted octanol–water partition coefficient (Wildman–Crippen LogP) is 3.16. The molecule has 0 aliphatic heterocycles. The molecule has 1 aromatic heterocycles. The van der Waals surface area contributed by atoms with E-state index in [-0.39, 0.29) is 10.5 Å². The summed E-state index contributed by atoms with van der Waals surface area (Å²) in [6.45, 7) is 3.07. The minimum Gasteiger partial charge on any atom is -0.452 e. The van der Waals surface area contributed by atoms with E-state index in [1.807, 2.05) is 37.3 Å². The maximum Gasteiger partial charge on any atom is 0.338 e. The molecule has 1 N–H and O–H groups in total. The molecule has 0 aliphatic rings. The van der Waals surface area contributed by atoms with Crippen molar-refractivity contribution >= 4 is 27.5 Å². The molecular formula is C23H21N3O5S. The summed E-state index contributed by atoms with van der Waals surface area (Å²) in [5, 5.41) is 12.3. The fraction of sp³-hybridized carbons (Fsp3) is 0.174. The Hall–Kier alpha value is -3.90. The smallest absolute Gasteiger partial charge is 0.338 e. The number of amides is 1. The first-order chi connectivity index (χ1) is 15.1. The van der Waals surface area contributed by atoms with Crippen LogP contribution in [0.2, 0.25) is 0 Å². The first-order valence-corrected chi connectivity index (χ1v) is 11.5. The molecule has 0 spiro atoms. The van der Waals surface area contributed by atoms with Gasteiger partial charge < -0.3 is 10.1 Å². The van der Waals surface area contributed by atoms with Crippen molar-refractivity contribution in [2.24, 2.45) is 0 Å². The van der Waals surface area contributed by atoms with Gasteiger partial charge in [-0.05, 0) is 55.8 Å². The van der Waals surface area contributed by atoms with Gasteiger partial charge in [-0.15, -0.1) is 0 Å². The number of para-hydroxylation sites is 1. The van der Waals surface area contributed by atoms with Gasteiger partial charge in [-0.2, -0.15) is 5.26 Å². The zero-order valence-corrected chi connectivity index (χ0v) is 18.6. The molecule has 0 bridgehead atoms. The highest BCUT2D eigenvalue weighted by Crippen LogP contribution is 2.29. The molecular weight excluding hydrogens is 430 g/mol. The number of rotatable bonds is 6. The Morgan fingerprint density at radius 2 is 1.69 bits per heavy atom. The van der Waals surface area contributed by atoms with Crippen molar-refractivity contribution in [3.8, 4) is 11.8 Å². The van der Waals surface area contributed by atoms with Crippen LogP contribution >= 0.6 is 0 Å². The van der Waals surface area contributed by atoms with Crippen LogP contribution in [0.3, 0.4) is 0 Å². The predicted molar refractivity (Wildman–Crippen MR) is 118 cm³/mol. The quantitative estimate of drug-likeness (QED) is 0.575. The van der Waals surface area contributed by atoms with Gasteiger partial charge >= 0.3 is 5.97 Å². The Bertz CT molecular complexity index is 1320. The third kappa shape index (κ3) is 4.71. The summed E-state index contributed by atoms with van der Waals surface area (Å²) in [7, 11) is -3.39. The van der Waals surface area contributed by atoms with E-state index in [4.69, 9.17) is 4.74 Å². The van der Waals surface area contributed by atoms with Crippen LogP contribution in [0.5, 0.6) is 0 Å². The second-order valence-corrected chi connectivity index (χ2v) is 9.15. The van der Waals surface area contributed by atoms with Crippen LogP contribution in [0.1, 0.15) is 27.2 Å². The molecule has 2 aromatic carbocycles. The summed E-state index contributed by atoms with van der Waals surface area (Å²) in [6, 6.07) is 16.6. The Morgan fingerprint density at radius 3 is 2.25 bits per heavy atom. The fourth-order valence-corrected chi connectivity index (χ4v) is 3.81. The van der Waals surface area contributed by atoms with Gasteiger partial charge in [0.2, 0.25) is 0 Å². The number of esters is 1. The summed E-state index contributed by atoms with van der Waals surface area (Å²) in [6.07, 6.45) is 1.06. The van der Waals surface area contributed by atoms with E-state index in [1.54, 1.807) is 11.5 Å². The van der Waals surface area contributed by atoms with E-state index in [0.717, 1.165) is 23.2 Å². The molecule has 0 saturated carbocycles. The van der Waals surface area contributed by atoms with E-state index in [0.29, 0.717) is 11.4 Å². The second kappa shape index (κ2) is 9.08. The van der Waals surface area contributed by atoms with Crippen LogP contribution in [0.25, 0.3) is 5.69 Å². The first kappa shape index (κ1) is 22.8. The monoisotopic (exact) mass is 451 g/mol. The van der Waals surface area contributed by atoms with Crippen molar-refractivity contribution in [3.63, 3.8) is 0 Å². The zero-order chi connectivity index (χ0) is 23.5. The van der Waals surface area contributed by atoms with Gasteiger partial charge in [0.15, 0.2) is 16.4 Å². The minimum absolute atomic E-state index is 0.0724. The number of benzene rings is 2. The van der Waals surface area contributed by atoms with Crippen molar-refractivity contribution < 1.29 is 22.7 Å². The Morgan fingerprint density at radius 1 is 1.06 bits per heavy atom. The van der Waals surface area contributed by atoms with E-state index < -0.39 is 28.3 Å². The standard InChI is InChI=1S/C23H21N3O5S/c1-15-16(2)26(18-7-5-4-6-8-18)22(20(15)13-24)25-21(27)14-31-23(28)17-9-11-19(12-10-17)32(3,29)30/h4-12H,14H2,1-3H3,(H,25,27). The maximum absolute atomic E-state index is 12.5. The molecule has 8 nitrogen and oxygen atoms in total. The summed E-state index contributed by atoms with van der Waals surface area (Å²) < 4.78 is 29.8. The van der Waals surface area contributed by atoms with Gasteiger partial charge in [0, 0.05) is 17.6 Å². The molecule has 3 rings (SSSR count). The molecule has 164 valence electrons. The van der Waals surface area contributed by atoms with E-state index >= 15 is 0 Å². The Balaban J connectivity index is 1.76. The molecule has 1 amide bonds. The number of carbonyl (C=O) groups excluding carboxylic acids is 2. The van der Waals surface area contributed by atoms with Crippen molar-refractivity contribution in [1.29, 1.82) is 5.26 Å². The SMILES string of the molecule is Cc1c(C#N)c(NC(=O)COC(=O)c2ccc(S(C)(=O)=O)cc2)n(-c2ccccc2)c1C. The summed E-state index contributed by atoms with van der Waals surface area (Å²) in [5.74, 6) is -1.09. The number of carbonyl (C=O) groups is 2. The lowest BCUT2D eigenvalue weighted by Crippen LogP contribution is -2.23.